The van der Waals surface area contributed by atoms with E-state index in [1.54, 1.807) is 12.1 Å². The minimum Gasteiger partial charge on any atom is -0.508 e. The lowest BCUT2D eigenvalue weighted by molar-refractivity contribution is 0.115. The number of phenolic OH excluding ortho intramolecular Hbond substituents is 1. The van der Waals surface area contributed by atoms with Gasteiger partial charge in [-0.3, -0.25) is 0 Å². The van der Waals surface area contributed by atoms with Gasteiger partial charge in [0.15, 0.2) is 5.96 Å². The van der Waals surface area contributed by atoms with Crippen LogP contribution in [0, 0.1) is 5.92 Å². The van der Waals surface area contributed by atoms with Crippen LogP contribution in [0.3, 0.4) is 0 Å². The number of phenols is 1. The van der Waals surface area contributed by atoms with Gasteiger partial charge in [-0.05, 0) is 43.4 Å². The standard InChI is InChI=1S/C17H27N3O2.HI/c1-3-18-17(19-12-15-5-4-6-16(21)11-15)20(2)9-10-22-13-14-7-8-14;/h4-6,11,14,21H,3,7-10,12-13H2,1-2H3,(H,18,19);1H. The molecule has 1 aliphatic carbocycles. The summed E-state index contributed by atoms with van der Waals surface area (Å²) >= 11 is 0. The molecule has 0 aromatic heterocycles. The second kappa shape index (κ2) is 10.7. The summed E-state index contributed by atoms with van der Waals surface area (Å²) < 4.78 is 5.68. The average Bonchev–Trinajstić information content (AvgIpc) is 3.32. The van der Waals surface area contributed by atoms with Crippen molar-refractivity contribution in [3.8, 4) is 5.75 Å². The van der Waals surface area contributed by atoms with Gasteiger partial charge in [0, 0.05) is 26.7 Å². The molecule has 0 bridgehead atoms. The van der Waals surface area contributed by atoms with Crippen molar-refractivity contribution in [2.45, 2.75) is 26.3 Å². The third-order valence-electron chi connectivity index (χ3n) is 3.64. The van der Waals surface area contributed by atoms with Crippen LogP contribution < -0.4 is 5.32 Å². The molecule has 130 valence electrons. The predicted octanol–water partition coefficient (Wildman–Crippen LogP) is 2.83. The Kier molecular flexibility index (Phi) is 9.31. The SMILES string of the molecule is CCNC(=NCc1cccc(O)c1)N(C)CCOCC1CC1.I. The van der Waals surface area contributed by atoms with Crippen LogP contribution in [0.1, 0.15) is 25.3 Å². The number of nitrogens with one attached hydrogen (secondary N) is 1. The molecule has 0 saturated heterocycles. The zero-order valence-electron chi connectivity index (χ0n) is 14.0. The molecule has 1 saturated carbocycles. The summed E-state index contributed by atoms with van der Waals surface area (Å²) in [5, 5.41) is 12.8. The normalized spacial score (nSPS) is 14.3. The van der Waals surface area contributed by atoms with Gasteiger partial charge in [-0.1, -0.05) is 12.1 Å². The van der Waals surface area contributed by atoms with Crippen molar-refractivity contribution in [1.82, 2.24) is 10.2 Å². The molecule has 2 N–H and O–H groups in total. The number of aromatic hydroxyl groups is 1. The third kappa shape index (κ3) is 7.87. The highest BCUT2D eigenvalue weighted by Gasteiger charge is 2.21. The lowest BCUT2D eigenvalue weighted by atomic mass is 10.2. The summed E-state index contributed by atoms with van der Waals surface area (Å²) in [6, 6.07) is 7.21. The molecule has 2 rings (SSSR count). The second-order valence-corrected chi connectivity index (χ2v) is 5.78. The Hall–Kier alpha value is -1.02. The fourth-order valence-corrected chi connectivity index (χ4v) is 2.13. The number of nitrogens with zero attached hydrogens (tertiary/aromatic N) is 2. The predicted molar refractivity (Wildman–Crippen MR) is 105 cm³/mol. The smallest absolute Gasteiger partial charge is 0.194 e. The number of guanidine groups is 1. The van der Waals surface area contributed by atoms with Crippen molar-refractivity contribution in [3.05, 3.63) is 29.8 Å². The Bertz CT molecular complexity index is 492. The van der Waals surface area contributed by atoms with Crippen LogP contribution in [0.15, 0.2) is 29.3 Å². The van der Waals surface area contributed by atoms with E-state index < -0.39 is 0 Å². The highest BCUT2D eigenvalue weighted by atomic mass is 127. The van der Waals surface area contributed by atoms with Crippen molar-refractivity contribution >= 4 is 29.9 Å². The van der Waals surface area contributed by atoms with Crippen LogP contribution >= 0.6 is 24.0 Å². The van der Waals surface area contributed by atoms with Crippen LogP contribution in [-0.2, 0) is 11.3 Å². The van der Waals surface area contributed by atoms with Crippen LogP contribution in [0.25, 0.3) is 0 Å². The van der Waals surface area contributed by atoms with Crippen LogP contribution in [0.5, 0.6) is 5.75 Å². The number of aliphatic imine (C=N–C) groups is 1. The number of halogens is 1. The summed E-state index contributed by atoms with van der Waals surface area (Å²) in [5.41, 5.74) is 0.994. The highest BCUT2D eigenvalue weighted by Crippen LogP contribution is 2.28. The summed E-state index contributed by atoms with van der Waals surface area (Å²) in [6.45, 7) is 5.87. The lowest BCUT2D eigenvalue weighted by Gasteiger charge is -2.22. The molecule has 0 spiro atoms. The maximum absolute atomic E-state index is 9.49. The van der Waals surface area contributed by atoms with Crippen molar-refractivity contribution in [3.63, 3.8) is 0 Å². The number of rotatable bonds is 8. The van der Waals surface area contributed by atoms with Gasteiger partial charge >= 0.3 is 0 Å². The Morgan fingerprint density at radius 2 is 2.22 bits per heavy atom. The van der Waals surface area contributed by atoms with E-state index in [4.69, 9.17) is 4.74 Å². The first-order valence-electron chi connectivity index (χ1n) is 8.04. The number of ether oxygens (including phenoxy) is 1. The van der Waals surface area contributed by atoms with Gasteiger partial charge in [0.1, 0.15) is 5.75 Å². The number of benzene rings is 1. The Morgan fingerprint density at radius 1 is 1.43 bits per heavy atom. The van der Waals surface area contributed by atoms with Crippen molar-refractivity contribution in [1.29, 1.82) is 0 Å². The topological polar surface area (TPSA) is 57.1 Å². The molecule has 0 radical (unpaired) electrons. The molecule has 1 aliphatic rings. The van der Waals surface area contributed by atoms with Crippen LogP contribution in [0.2, 0.25) is 0 Å². The quantitative estimate of drug-likeness (QED) is 0.287. The Balaban J connectivity index is 0.00000264. The fourth-order valence-electron chi connectivity index (χ4n) is 2.13. The van der Waals surface area contributed by atoms with Crippen molar-refractivity contribution in [2.24, 2.45) is 10.9 Å². The summed E-state index contributed by atoms with van der Waals surface area (Å²) in [6.07, 6.45) is 2.65. The zero-order valence-corrected chi connectivity index (χ0v) is 16.3. The number of hydrogen-bond acceptors (Lipinski definition) is 3. The van der Waals surface area contributed by atoms with E-state index in [0.717, 1.165) is 43.7 Å². The number of hydrogen-bond donors (Lipinski definition) is 2. The first kappa shape index (κ1) is 20.0. The summed E-state index contributed by atoms with van der Waals surface area (Å²) in [7, 11) is 2.02. The van der Waals surface area contributed by atoms with Gasteiger partial charge < -0.3 is 20.1 Å². The molecular formula is C17H28IN3O2. The number of likely N-dealkylation sites (N-methyl/N-ethyl adjacent to an activating group) is 1. The first-order valence-corrected chi connectivity index (χ1v) is 8.04. The molecule has 1 fully saturated rings. The minimum atomic E-state index is 0. The van der Waals surface area contributed by atoms with E-state index in [9.17, 15) is 5.11 Å². The van der Waals surface area contributed by atoms with Gasteiger partial charge in [-0.15, -0.1) is 24.0 Å². The molecule has 0 unspecified atom stereocenters. The maximum Gasteiger partial charge on any atom is 0.194 e. The van der Waals surface area contributed by atoms with Gasteiger partial charge in [-0.25, -0.2) is 4.99 Å². The molecule has 0 atom stereocenters. The highest BCUT2D eigenvalue weighted by molar-refractivity contribution is 14.0. The van der Waals surface area contributed by atoms with E-state index >= 15 is 0 Å². The molecule has 0 amide bonds. The zero-order chi connectivity index (χ0) is 15.8. The molecule has 1 aromatic carbocycles. The molecule has 5 nitrogen and oxygen atoms in total. The molecule has 0 aliphatic heterocycles. The second-order valence-electron chi connectivity index (χ2n) is 5.78. The fraction of sp³-hybridized carbons (Fsp3) is 0.588. The Labute approximate surface area is 156 Å². The molecule has 6 heteroatoms. The minimum absolute atomic E-state index is 0. The van der Waals surface area contributed by atoms with Gasteiger partial charge in [0.05, 0.1) is 13.2 Å². The molecule has 23 heavy (non-hydrogen) atoms. The van der Waals surface area contributed by atoms with Crippen LogP contribution in [-0.4, -0.2) is 49.3 Å². The molecular weight excluding hydrogens is 405 g/mol. The molecule has 1 aromatic rings. The monoisotopic (exact) mass is 433 g/mol. The summed E-state index contributed by atoms with van der Waals surface area (Å²) in [5.74, 6) is 1.94. The summed E-state index contributed by atoms with van der Waals surface area (Å²) in [4.78, 5) is 6.70. The third-order valence-corrected chi connectivity index (χ3v) is 3.64. The van der Waals surface area contributed by atoms with Crippen molar-refractivity contribution < 1.29 is 9.84 Å². The van der Waals surface area contributed by atoms with E-state index in [0.29, 0.717) is 6.54 Å². The van der Waals surface area contributed by atoms with Gasteiger partial charge in [0.2, 0.25) is 0 Å². The van der Waals surface area contributed by atoms with E-state index in [1.165, 1.54) is 12.8 Å². The largest absolute Gasteiger partial charge is 0.508 e. The van der Waals surface area contributed by atoms with Gasteiger partial charge in [-0.2, -0.15) is 0 Å². The molecule has 0 heterocycles. The Morgan fingerprint density at radius 3 is 2.87 bits per heavy atom. The van der Waals surface area contributed by atoms with Gasteiger partial charge in [0.25, 0.3) is 0 Å². The van der Waals surface area contributed by atoms with E-state index in [1.807, 2.05) is 19.2 Å². The maximum atomic E-state index is 9.49. The van der Waals surface area contributed by atoms with Crippen molar-refractivity contribution in [2.75, 3.05) is 33.4 Å². The average molecular weight is 433 g/mol. The van der Waals surface area contributed by atoms with E-state index in [2.05, 4.69) is 22.1 Å². The first-order chi connectivity index (χ1) is 10.7. The van der Waals surface area contributed by atoms with E-state index in [-0.39, 0.29) is 29.7 Å². The van der Waals surface area contributed by atoms with Crippen LogP contribution in [0.4, 0.5) is 0 Å². The lowest BCUT2D eigenvalue weighted by Crippen LogP contribution is -2.40.